The van der Waals surface area contributed by atoms with E-state index in [1.54, 1.807) is 4.68 Å². The Morgan fingerprint density at radius 1 is 0.966 bits per heavy atom. The number of nitrogens with zero attached hydrogens (tertiary/aromatic N) is 5. The highest BCUT2D eigenvalue weighted by atomic mass is 16.1. The second kappa shape index (κ2) is 8.05. The molecule has 1 aliphatic heterocycles. The summed E-state index contributed by atoms with van der Waals surface area (Å²) in [6.07, 6.45) is 11.7. The van der Waals surface area contributed by atoms with E-state index in [2.05, 4.69) is 16.6 Å². The van der Waals surface area contributed by atoms with Crippen LogP contribution in [0.5, 0.6) is 0 Å². The van der Waals surface area contributed by atoms with Crippen LogP contribution in [0.25, 0.3) is 0 Å². The topological polar surface area (TPSA) is 56.0 Å². The fourth-order valence-corrected chi connectivity index (χ4v) is 5.46. The van der Waals surface area contributed by atoms with E-state index in [4.69, 9.17) is 10.2 Å². The minimum Gasteiger partial charge on any atom is -0.297 e. The summed E-state index contributed by atoms with van der Waals surface area (Å²) in [5, 5.41) is 9.50. The molecule has 0 radical (unpaired) electrons. The summed E-state index contributed by atoms with van der Waals surface area (Å²) >= 11 is 0. The molecule has 0 bridgehead atoms. The number of rotatable bonds is 4. The average Bonchev–Trinajstić information content (AvgIpc) is 3.05. The predicted octanol–water partition coefficient (Wildman–Crippen LogP) is 2.65. The molecule has 2 aromatic rings. The Kier molecular flexibility index (Phi) is 5.29. The van der Waals surface area contributed by atoms with Crippen molar-refractivity contribution < 1.29 is 0 Å². The molecule has 0 spiro atoms. The third-order valence-electron chi connectivity index (χ3n) is 7.23. The van der Waals surface area contributed by atoms with Crippen LogP contribution in [-0.4, -0.2) is 37.6 Å². The van der Waals surface area contributed by atoms with Gasteiger partial charge in [-0.25, -0.2) is 4.68 Å². The zero-order valence-corrected chi connectivity index (χ0v) is 17.7. The quantitative estimate of drug-likeness (QED) is 0.799. The SMILES string of the molecule is Cn1nc2c(c1CN1CCC(Cn3nc4c(cc3=O)CCCC4)CC1)CCCC2. The minimum absolute atomic E-state index is 0.0922. The van der Waals surface area contributed by atoms with Crippen LogP contribution in [0.3, 0.4) is 0 Å². The fraction of sp³-hybridized carbons (Fsp3) is 0.696. The maximum absolute atomic E-state index is 12.5. The summed E-state index contributed by atoms with van der Waals surface area (Å²) < 4.78 is 3.88. The van der Waals surface area contributed by atoms with Crippen molar-refractivity contribution in [3.63, 3.8) is 0 Å². The summed E-state index contributed by atoms with van der Waals surface area (Å²) in [4.78, 5) is 15.1. The van der Waals surface area contributed by atoms with Gasteiger partial charge in [0.1, 0.15) is 0 Å². The molecule has 0 aromatic carbocycles. The number of aromatic nitrogens is 4. The molecule has 0 saturated carbocycles. The largest absolute Gasteiger partial charge is 0.297 e. The Morgan fingerprint density at radius 3 is 2.52 bits per heavy atom. The van der Waals surface area contributed by atoms with Crippen LogP contribution < -0.4 is 5.56 Å². The first-order valence-corrected chi connectivity index (χ1v) is 11.5. The average molecular weight is 396 g/mol. The van der Waals surface area contributed by atoms with Gasteiger partial charge >= 0.3 is 0 Å². The number of hydrogen-bond donors (Lipinski definition) is 0. The third-order valence-corrected chi connectivity index (χ3v) is 7.23. The van der Waals surface area contributed by atoms with Gasteiger partial charge in [0.15, 0.2) is 0 Å². The first-order chi connectivity index (χ1) is 14.2. The smallest absolute Gasteiger partial charge is 0.267 e. The van der Waals surface area contributed by atoms with E-state index in [1.807, 2.05) is 6.07 Å². The van der Waals surface area contributed by atoms with Gasteiger partial charge in [-0.1, -0.05) is 0 Å². The second-order valence-corrected chi connectivity index (χ2v) is 9.27. The van der Waals surface area contributed by atoms with Gasteiger partial charge in [0.2, 0.25) is 0 Å². The van der Waals surface area contributed by atoms with Gasteiger partial charge in [0.25, 0.3) is 5.56 Å². The van der Waals surface area contributed by atoms with Crippen LogP contribution in [0.15, 0.2) is 10.9 Å². The van der Waals surface area contributed by atoms with E-state index >= 15 is 0 Å². The zero-order valence-electron chi connectivity index (χ0n) is 17.7. The van der Waals surface area contributed by atoms with Crippen molar-refractivity contribution in [3.8, 4) is 0 Å². The molecular weight excluding hydrogens is 362 g/mol. The highest BCUT2D eigenvalue weighted by Gasteiger charge is 2.25. The van der Waals surface area contributed by atoms with E-state index in [9.17, 15) is 4.79 Å². The number of likely N-dealkylation sites (tertiary alicyclic amines) is 1. The fourth-order valence-electron chi connectivity index (χ4n) is 5.46. The number of fused-ring (bicyclic) bond motifs is 2. The van der Waals surface area contributed by atoms with Crippen LogP contribution >= 0.6 is 0 Å². The summed E-state index contributed by atoms with van der Waals surface area (Å²) in [6, 6.07) is 1.85. The van der Waals surface area contributed by atoms with E-state index in [-0.39, 0.29) is 5.56 Å². The lowest BCUT2D eigenvalue weighted by Crippen LogP contribution is -2.37. The summed E-state index contributed by atoms with van der Waals surface area (Å²) in [5.74, 6) is 0.554. The Labute approximate surface area is 172 Å². The molecule has 3 heterocycles. The van der Waals surface area contributed by atoms with Crippen molar-refractivity contribution in [2.75, 3.05) is 13.1 Å². The molecular formula is C23H33N5O. The van der Waals surface area contributed by atoms with Gasteiger partial charge in [-0.05, 0) is 94.3 Å². The van der Waals surface area contributed by atoms with E-state index in [0.717, 1.165) is 64.0 Å². The Bertz CT molecular complexity index is 935. The minimum atomic E-state index is 0.0922. The lowest BCUT2D eigenvalue weighted by atomic mass is 9.94. The summed E-state index contributed by atoms with van der Waals surface area (Å²) in [5.41, 5.74) is 6.72. The van der Waals surface area contributed by atoms with Crippen LogP contribution in [0.1, 0.15) is 66.7 Å². The summed E-state index contributed by atoms with van der Waals surface area (Å²) in [6.45, 7) is 4.00. The van der Waals surface area contributed by atoms with Crippen LogP contribution in [-0.2, 0) is 45.8 Å². The molecule has 0 amide bonds. The van der Waals surface area contributed by atoms with Gasteiger partial charge in [-0.15, -0.1) is 0 Å². The molecule has 6 heteroatoms. The van der Waals surface area contributed by atoms with Crippen molar-refractivity contribution in [2.45, 2.75) is 77.3 Å². The van der Waals surface area contributed by atoms with Gasteiger partial charge in [-0.2, -0.15) is 10.2 Å². The zero-order chi connectivity index (χ0) is 19.8. The van der Waals surface area contributed by atoms with Crippen LogP contribution in [0, 0.1) is 5.92 Å². The highest BCUT2D eigenvalue weighted by Crippen LogP contribution is 2.27. The van der Waals surface area contributed by atoms with E-state index in [1.165, 1.54) is 54.6 Å². The Morgan fingerprint density at radius 2 is 1.69 bits per heavy atom. The standard InChI is InChI=1S/C23H33N5O/c1-26-22(19-7-3-5-9-21(19)24-26)16-27-12-10-17(11-13-27)15-28-23(29)14-18-6-2-4-8-20(18)25-28/h14,17H,2-13,15-16H2,1H3. The summed E-state index contributed by atoms with van der Waals surface area (Å²) in [7, 11) is 2.11. The molecule has 3 aliphatic rings. The van der Waals surface area contributed by atoms with Crippen molar-refractivity contribution in [1.82, 2.24) is 24.5 Å². The molecule has 2 aliphatic carbocycles. The Balaban J connectivity index is 1.21. The molecule has 156 valence electrons. The van der Waals surface area contributed by atoms with Crippen LogP contribution in [0.4, 0.5) is 0 Å². The van der Waals surface area contributed by atoms with Crippen molar-refractivity contribution in [1.29, 1.82) is 0 Å². The number of aryl methyl sites for hydroxylation is 4. The Hall–Kier alpha value is -1.95. The molecule has 2 aromatic heterocycles. The number of piperidine rings is 1. The third kappa shape index (κ3) is 3.91. The maximum atomic E-state index is 12.5. The van der Waals surface area contributed by atoms with Crippen molar-refractivity contribution in [2.24, 2.45) is 13.0 Å². The maximum Gasteiger partial charge on any atom is 0.267 e. The number of hydrogen-bond acceptors (Lipinski definition) is 4. The molecule has 5 rings (SSSR count). The van der Waals surface area contributed by atoms with Gasteiger partial charge < -0.3 is 0 Å². The lowest BCUT2D eigenvalue weighted by molar-refractivity contribution is 0.160. The normalized spacial score (nSPS) is 20.4. The molecule has 0 atom stereocenters. The van der Waals surface area contributed by atoms with E-state index < -0.39 is 0 Å². The van der Waals surface area contributed by atoms with Gasteiger partial charge in [-0.3, -0.25) is 14.4 Å². The molecule has 0 unspecified atom stereocenters. The lowest BCUT2D eigenvalue weighted by Gasteiger charge is -2.32. The molecule has 1 saturated heterocycles. The van der Waals surface area contributed by atoms with Gasteiger partial charge in [0, 0.05) is 26.2 Å². The monoisotopic (exact) mass is 395 g/mol. The molecule has 1 fully saturated rings. The van der Waals surface area contributed by atoms with Crippen LogP contribution in [0.2, 0.25) is 0 Å². The highest BCUT2D eigenvalue weighted by molar-refractivity contribution is 5.28. The van der Waals surface area contributed by atoms with Crippen molar-refractivity contribution >= 4 is 0 Å². The van der Waals surface area contributed by atoms with Gasteiger partial charge in [0.05, 0.1) is 17.1 Å². The van der Waals surface area contributed by atoms with Crippen molar-refractivity contribution in [3.05, 3.63) is 44.6 Å². The molecule has 0 N–H and O–H groups in total. The first kappa shape index (κ1) is 19.0. The predicted molar refractivity (Wildman–Crippen MR) is 113 cm³/mol. The second-order valence-electron chi connectivity index (χ2n) is 9.27. The van der Waals surface area contributed by atoms with E-state index in [0.29, 0.717) is 5.92 Å². The first-order valence-electron chi connectivity index (χ1n) is 11.5. The molecule has 29 heavy (non-hydrogen) atoms. The molecule has 6 nitrogen and oxygen atoms in total.